The van der Waals surface area contributed by atoms with Crippen molar-refractivity contribution in [3.8, 4) is 55.6 Å². The van der Waals surface area contributed by atoms with Gasteiger partial charge in [0.15, 0.2) is 0 Å². The van der Waals surface area contributed by atoms with Crippen molar-refractivity contribution < 1.29 is 0 Å². The Labute approximate surface area is 343 Å². The summed E-state index contributed by atoms with van der Waals surface area (Å²) in [5.74, 6) is 0. The Morgan fingerprint density at radius 2 is 0.638 bits per heavy atom. The van der Waals surface area contributed by atoms with Gasteiger partial charge < -0.3 is 4.90 Å². The first-order valence-electron chi connectivity index (χ1n) is 20.8. The molecular weight excluding hydrogens is 699 g/mol. The second kappa shape index (κ2) is 12.3. The lowest BCUT2D eigenvalue weighted by Crippen LogP contribution is -2.17. The maximum absolute atomic E-state index is 2.48. The van der Waals surface area contributed by atoms with Gasteiger partial charge in [-0.1, -0.05) is 181 Å². The summed E-state index contributed by atoms with van der Waals surface area (Å²) in [7, 11) is 0. The lowest BCUT2D eigenvalue weighted by atomic mass is 9.78. The molecule has 0 saturated carbocycles. The molecule has 0 N–H and O–H groups in total. The SMILES string of the molecule is CC1(C)c2ccccc2-c2ccc(N(c3cccc(-c4cccc5c4C(C)(C)c4ccccc4-5)c3)c3cccc(-c4cccc5c4C(C)(C)c4ccccc4-5)c3)cc21. The predicted molar refractivity (Wildman–Crippen MR) is 245 cm³/mol. The van der Waals surface area contributed by atoms with E-state index in [4.69, 9.17) is 0 Å². The quantitative estimate of drug-likeness (QED) is 0.170. The molecule has 58 heavy (non-hydrogen) atoms. The van der Waals surface area contributed by atoms with Crippen LogP contribution in [0.2, 0.25) is 0 Å². The van der Waals surface area contributed by atoms with E-state index >= 15 is 0 Å². The third kappa shape index (κ3) is 4.83. The zero-order valence-electron chi connectivity index (χ0n) is 34.2. The Morgan fingerprint density at radius 1 is 0.276 bits per heavy atom. The number of rotatable bonds is 5. The van der Waals surface area contributed by atoms with Gasteiger partial charge in [-0.2, -0.15) is 0 Å². The van der Waals surface area contributed by atoms with Crippen molar-refractivity contribution in [1.82, 2.24) is 0 Å². The Balaban J connectivity index is 1.10. The molecule has 1 heteroatoms. The maximum Gasteiger partial charge on any atom is 0.0467 e. The van der Waals surface area contributed by atoms with Gasteiger partial charge >= 0.3 is 0 Å². The van der Waals surface area contributed by atoms with Gasteiger partial charge in [-0.05, 0) is 125 Å². The summed E-state index contributed by atoms with van der Waals surface area (Å²) in [5, 5.41) is 0. The molecule has 3 aliphatic rings. The first-order valence-corrected chi connectivity index (χ1v) is 20.8. The van der Waals surface area contributed by atoms with Gasteiger partial charge in [0.2, 0.25) is 0 Å². The van der Waals surface area contributed by atoms with E-state index < -0.39 is 0 Å². The Morgan fingerprint density at radius 3 is 1.14 bits per heavy atom. The van der Waals surface area contributed by atoms with Gasteiger partial charge in [-0.25, -0.2) is 0 Å². The van der Waals surface area contributed by atoms with Crippen molar-refractivity contribution in [3.63, 3.8) is 0 Å². The van der Waals surface area contributed by atoms with Gasteiger partial charge in [0.1, 0.15) is 0 Å². The number of hydrogen-bond acceptors (Lipinski definition) is 1. The molecule has 0 heterocycles. The number of hydrogen-bond donors (Lipinski definition) is 0. The summed E-state index contributed by atoms with van der Waals surface area (Å²) < 4.78 is 0. The molecule has 0 atom stereocenters. The normalized spacial score (nSPS) is 15.5. The van der Waals surface area contributed by atoms with Crippen LogP contribution >= 0.6 is 0 Å². The summed E-state index contributed by atoms with van der Waals surface area (Å²) in [6, 6.07) is 66.1. The fourth-order valence-corrected chi connectivity index (χ4v) is 11.1. The fourth-order valence-electron chi connectivity index (χ4n) is 11.1. The third-order valence-electron chi connectivity index (χ3n) is 13.8. The van der Waals surface area contributed by atoms with Crippen LogP contribution < -0.4 is 4.90 Å². The number of nitrogens with zero attached hydrogens (tertiary/aromatic N) is 1. The molecule has 280 valence electrons. The van der Waals surface area contributed by atoms with E-state index in [-0.39, 0.29) is 16.2 Å². The van der Waals surface area contributed by atoms with E-state index in [1.54, 1.807) is 0 Å². The largest absolute Gasteiger partial charge is 0.310 e. The molecular formula is C57H47N. The second-order valence-electron chi connectivity index (χ2n) is 18.1. The molecule has 1 nitrogen and oxygen atoms in total. The maximum atomic E-state index is 2.48. The molecule has 0 amide bonds. The van der Waals surface area contributed by atoms with Crippen LogP contribution in [-0.4, -0.2) is 0 Å². The topological polar surface area (TPSA) is 3.24 Å². The molecule has 0 fully saturated rings. The summed E-state index contributed by atoms with van der Waals surface area (Å²) >= 11 is 0. The molecule has 0 radical (unpaired) electrons. The zero-order valence-corrected chi connectivity index (χ0v) is 34.2. The number of benzene rings is 8. The first kappa shape index (κ1) is 34.8. The average molecular weight is 746 g/mol. The van der Waals surface area contributed by atoms with E-state index in [1.165, 1.54) is 89.0 Å². The molecule has 0 unspecified atom stereocenters. The van der Waals surface area contributed by atoms with E-state index in [9.17, 15) is 0 Å². The molecule has 0 bridgehead atoms. The minimum absolute atomic E-state index is 0.115. The summed E-state index contributed by atoms with van der Waals surface area (Å²) in [4.78, 5) is 2.48. The van der Waals surface area contributed by atoms with Gasteiger partial charge in [0.05, 0.1) is 0 Å². The van der Waals surface area contributed by atoms with Crippen LogP contribution in [0.1, 0.15) is 74.9 Å². The monoisotopic (exact) mass is 745 g/mol. The molecule has 0 saturated heterocycles. The van der Waals surface area contributed by atoms with Crippen molar-refractivity contribution in [3.05, 3.63) is 209 Å². The van der Waals surface area contributed by atoms with Gasteiger partial charge in [0, 0.05) is 33.3 Å². The van der Waals surface area contributed by atoms with Crippen LogP contribution in [0.4, 0.5) is 17.1 Å². The number of anilines is 3. The average Bonchev–Trinajstić information content (AvgIpc) is 3.74. The van der Waals surface area contributed by atoms with Gasteiger partial charge in [-0.3, -0.25) is 0 Å². The molecule has 8 aromatic carbocycles. The minimum Gasteiger partial charge on any atom is -0.310 e. The van der Waals surface area contributed by atoms with Crippen LogP contribution in [0.15, 0.2) is 176 Å². The van der Waals surface area contributed by atoms with Crippen LogP contribution in [0, 0.1) is 0 Å². The lowest BCUT2D eigenvalue weighted by Gasteiger charge is -2.30. The molecule has 0 spiro atoms. The Bertz CT molecular complexity index is 2840. The molecule has 3 aliphatic carbocycles. The van der Waals surface area contributed by atoms with Crippen LogP contribution in [-0.2, 0) is 16.2 Å². The summed E-state index contributed by atoms with van der Waals surface area (Å²) in [6.07, 6.45) is 0. The van der Waals surface area contributed by atoms with Crippen molar-refractivity contribution in [2.75, 3.05) is 4.90 Å². The highest BCUT2D eigenvalue weighted by molar-refractivity contribution is 5.93. The fraction of sp³-hybridized carbons (Fsp3) is 0.158. The molecule has 0 aliphatic heterocycles. The summed E-state index contributed by atoms with van der Waals surface area (Å²) in [6.45, 7) is 14.3. The second-order valence-corrected chi connectivity index (χ2v) is 18.1. The molecule has 8 aromatic rings. The zero-order chi connectivity index (χ0) is 39.6. The number of fused-ring (bicyclic) bond motifs is 9. The van der Waals surface area contributed by atoms with Crippen molar-refractivity contribution in [2.24, 2.45) is 0 Å². The predicted octanol–water partition coefficient (Wildman–Crippen LogP) is 15.4. The molecule has 11 rings (SSSR count). The standard InChI is InChI=1S/C57H47N/c1-55(2)49-28-10-7-21-43(49)46-32-31-40(35-52(46)55)58(38-19-13-17-36(33-38)41-24-15-26-47-44-22-8-11-29-50(44)56(3,4)53(41)47)39-20-14-18-37(34-39)42-25-16-27-48-45-23-9-12-30-51(45)57(5,6)54(42)48/h7-35H,1-6H3. The lowest BCUT2D eigenvalue weighted by molar-refractivity contribution is 0.660. The molecule has 0 aromatic heterocycles. The van der Waals surface area contributed by atoms with E-state index in [2.05, 4.69) is 222 Å². The van der Waals surface area contributed by atoms with Gasteiger partial charge in [-0.15, -0.1) is 0 Å². The van der Waals surface area contributed by atoms with Crippen LogP contribution in [0.25, 0.3) is 55.6 Å². The van der Waals surface area contributed by atoms with Crippen LogP contribution in [0.5, 0.6) is 0 Å². The highest BCUT2D eigenvalue weighted by Crippen LogP contribution is 2.55. The first-order chi connectivity index (χ1) is 28.0. The van der Waals surface area contributed by atoms with Crippen molar-refractivity contribution in [1.29, 1.82) is 0 Å². The Hall–Kier alpha value is -6.44. The summed E-state index contributed by atoms with van der Waals surface area (Å²) in [5.41, 5.74) is 24.5. The van der Waals surface area contributed by atoms with Crippen molar-refractivity contribution >= 4 is 17.1 Å². The van der Waals surface area contributed by atoms with E-state index in [1.807, 2.05) is 0 Å². The third-order valence-corrected chi connectivity index (χ3v) is 13.8. The smallest absolute Gasteiger partial charge is 0.0467 e. The van der Waals surface area contributed by atoms with Crippen LogP contribution in [0.3, 0.4) is 0 Å². The highest BCUT2D eigenvalue weighted by atomic mass is 15.1. The minimum atomic E-state index is -0.117. The van der Waals surface area contributed by atoms with Gasteiger partial charge in [0.25, 0.3) is 0 Å². The highest BCUT2D eigenvalue weighted by Gasteiger charge is 2.39. The van der Waals surface area contributed by atoms with E-state index in [0.29, 0.717) is 0 Å². The van der Waals surface area contributed by atoms with E-state index in [0.717, 1.165) is 17.1 Å². The Kier molecular flexibility index (Phi) is 7.36. The van der Waals surface area contributed by atoms with Crippen molar-refractivity contribution in [2.45, 2.75) is 57.8 Å².